The predicted molar refractivity (Wildman–Crippen MR) is 175 cm³/mol. The van der Waals surface area contributed by atoms with Crippen molar-refractivity contribution in [3.63, 3.8) is 0 Å². The van der Waals surface area contributed by atoms with Crippen molar-refractivity contribution in [2.45, 2.75) is 0 Å². The van der Waals surface area contributed by atoms with Crippen molar-refractivity contribution in [2.24, 2.45) is 0 Å². The largest absolute Gasteiger partial charge is 0.455 e. The first-order valence-electron chi connectivity index (χ1n) is 17.9. The van der Waals surface area contributed by atoms with Gasteiger partial charge in [-0.15, -0.1) is 0 Å². The molecule has 0 bridgehead atoms. The first-order chi connectivity index (χ1) is 24.1. The lowest BCUT2D eigenvalue weighted by Crippen LogP contribution is -1.91. The monoisotopic (exact) mass is 529 g/mol. The smallest absolute Gasteiger partial charge is 0.143 e. The van der Waals surface area contributed by atoms with Crippen LogP contribution in [0.25, 0.3) is 87.3 Å². The Hall–Kier alpha value is -5.40. The maximum absolute atomic E-state index is 9.68. The van der Waals surface area contributed by atoms with Crippen molar-refractivity contribution in [3.05, 3.63) is 145 Å². The standard InChI is InChI=1S/C40H24O/c1-3-13-28-25(10-1)12-9-19-30(28)39-33-17-7-5-15-31(33)38(32-16-6-8-18-34(32)39)27-21-23-37-36(24-27)35-22-20-26-11-2-4-14-29(26)40(35)41-37/h1-24H/i2D,4D,11D,14D,20D,21D,22D,23D,24D. The van der Waals surface area contributed by atoms with Gasteiger partial charge in [-0.05, 0) is 78.1 Å². The third kappa shape index (κ3) is 3.24. The van der Waals surface area contributed by atoms with Crippen LogP contribution in [0, 0.1) is 0 Å². The summed E-state index contributed by atoms with van der Waals surface area (Å²) in [4.78, 5) is 0. The SMILES string of the molecule is [2H]c1c(-c2c3ccccc3c(-c3cccc4ccccc34)c3ccccc23)c([2H])c2c(oc3c4c([2H])c([2H])c([2H])c([2H])c4c([2H])c([2H])c32)c1[2H]. The zero-order valence-electron chi connectivity index (χ0n) is 30.6. The second kappa shape index (κ2) is 8.55. The van der Waals surface area contributed by atoms with Gasteiger partial charge in [0.2, 0.25) is 0 Å². The molecule has 0 unspecified atom stereocenters. The van der Waals surface area contributed by atoms with E-state index in [0.29, 0.717) is 5.56 Å². The van der Waals surface area contributed by atoms with Gasteiger partial charge in [-0.3, -0.25) is 0 Å². The minimum absolute atomic E-state index is 0.00303. The highest BCUT2D eigenvalue weighted by molar-refractivity contribution is 6.24. The molecule has 0 aliphatic heterocycles. The summed E-state index contributed by atoms with van der Waals surface area (Å²) < 4.78 is 85.8. The van der Waals surface area contributed by atoms with Gasteiger partial charge >= 0.3 is 0 Å². The average Bonchev–Trinajstić information content (AvgIpc) is 3.54. The molecule has 1 aromatic heterocycles. The van der Waals surface area contributed by atoms with Gasteiger partial charge in [-0.2, -0.15) is 0 Å². The van der Waals surface area contributed by atoms with E-state index in [1.807, 2.05) is 66.7 Å². The predicted octanol–water partition coefficient (Wildman–Crippen LogP) is 11.5. The van der Waals surface area contributed by atoms with Gasteiger partial charge in [0.25, 0.3) is 0 Å². The number of benzene rings is 8. The molecule has 9 aromatic rings. The summed E-state index contributed by atoms with van der Waals surface area (Å²) in [6.07, 6.45) is 0. The van der Waals surface area contributed by atoms with E-state index in [1.165, 1.54) is 0 Å². The zero-order chi connectivity index (χ0) is 34.7. The molecule has 0 saturated carbocycles. The van der Waals surface area contributed by atoms with E-state index in [1.54, 1.807) is 0 Å². The molecular weight excluding hydrogens is 496 g/mol. The van der Waals surface area contributed by atoms with Crippen LogP contribution in [0.15, 0.2) is 150 Å². The third-order valence-corrected chi connectivity index (χ3v) is 7.93. The highest BCUT2D eigenvalue weighted by Crippen LogP contribution is 2.46. The molecule has 0 saturated heterocycles. The molecule has 0 atom stereocenters. The van der Waals surface area contributed by atoms with E-state index >= 15 is 0 Å². The maximum Gasteiger partial charge on any atom is 0.143 e. The van der Waals surface area contributed by atoms with Crippen molar-refractivity contribution >= 4 is 65.0 Å². The molecule has 1 heterocycles. The summed E-state index contributed by atoms with van der Waals surface area (Å²) in [7, 11) is 0. The molecule has 8 aromatic carbocycles. The van der Waals surface area contributed by atoms with Gasteiger partial charge in [-0.1, -0.05) is 127 Å². The number of hydrogen-bond donors (Lipinski definition) is 0. The fraction of sp³-hybridized carbons (Fsp3) is 0. The van der Waals surface area contributed by atoms with E-state index < -0.39 is 30.2 Å². The fourth-order valence-corrected chi connectivity index (χ4v) is 6.17. The van der Waals surface area contributed by atoms with Crippen molar-refractivity contribution in [3.8, 4) is 22.3 Å². The van der Waals surface area contributed by atoms with E-state index in [-0.39, 0.29) is 62.4 Å². The Bertz CT molecular complexity index is 2920. The molecule has 0 radical (unpaired) electrons. The molecule has 0 aliphatic rings. The molecule has 0 amide bonds. The normalized spacial score (nSPS) is 15.0. The number of fused-ring (bicyclic) bond motifs is 8. The highest BCUT2D eigenvalue weighted by atomic mass is 16.3. The first-order valence-corrected chi connectivity index (χ1v) is 13.4. The Labute approximate surface area is 249 Å². The molecule has 1 nitrogen and oxygen atoms in total. The highest BCUT2D eigenvalue weighted by Gasteiger charge is 2.19. The first kappa shape index (κ1) is 15.4. The van der Waals surface area contributed by atoms with Crippen molar-refractivity contribution < 1.29 is 16.8 Å². The number of furan rings is 1. The minimum atomic E-state index is -0.533. The minimum Gasteiger partial charge on any atom is -0.455 e. The number of rotatable bonds is 2. The molecule has 0 N–H and O–H groups in total. The van der Waals surface area contributed by atoms with Crippen molar-refractivity contribution in [1.29, 1.82) is 0 Å². The van der Waals surface area contributed by atoms with Crippen molar-refractivity contribution in [1.82, 2.24) is 0 Å². The van der Waals surface area contributed by atoms with Gasteiger partial charge in [0.1, 0.15) is 11.2 Å². The summed E-state index contributed by atoms with van der Waals surface area (Å²) in [5.74, 6) is 0. The topological polar surface area (TPSA) is 13.1 Å². The quantitative estimate of drug-likeness (QED) is 0.203. The van der Waals surface area contributed by atoms with Gasteiger partial charge in [0.15, 0.2) is 0 Å². The Morgan fingerprint density at radius 1 is 0.439 bits per heavy atom. The van der Waals surface area contributed by atoms with Gasteiger partial charge in [-0.25, -0.2) is 0 Å². The summed E-state index contributed by atoms with van der Waals surface area (Å²) in [5.41, 5.74) is 2.54. The third-order valence-electron chi connectivity index (χ3n) is 7.93. The lowest BCUT2D eigenvalue weighted by Gasteiger charge is -2.18. The van der Waals surface area contributed by atoms with Gasteiger partial charge < -0.3 is 4.42 Å². The van der Waals surface area contributed by atoms with Crippen LogP contribution in [0.3, 0.4) is 0 Å². The van der Waals surface area contributed by atoms with E-state index in [4.69, 9.17) is 12.6 Å². The molecule has 9 rings (SSSR count). The summed E-state index contributed by atoms with van der Waals surface area (Å²) in [6, 6.07) is 26.6. The fourth-order valence-electron chi connectivity index (χ4n) is 6.17. The summed E-state index contributed by atoms with van der Waals surface area (Å²) in [6.45, 7) is 0. The van der Waals surface area contributed by atoms with Crippen LogP contribution in [-0.2, 0) is 0 Å². The second-order valence-electron chi connectivity index (χ2n) is 10.1. The van der Waals surface area contributed by atoms with Crippen LogP contribution in [0.4, 0.5) is 0 Å². The lowest BCUT2D eigenvalue weighted by atomic mass is 9.84. The Morgan fingerprint density at radius 2 is 1.10 bits per heavy atom. The van der Waals surface area contributed by atoms with E-state index in [0.717, 1.165) is 43.4 Å². The molecule has 0 fully saturated rings. The van der Waals surface area contributed by atoms with Crippen molar-refractivity contribution in [2.75, 3.05) is 0 Å². The van der Waals surface area contributed by atoms with Crippen LogP contribution >= 0.6 is 0 Å². The van der Waals surface area contributed by atoms with Gasteiger partial charge in [0, 0.05) is 16.2 Å². The molecular formula is C40H24O. The molecule has 0 aliphatic carbocycles. The van der Waals surface area contributed by atoms with E-state index in [9.17, 15) is 4.11 Å². The van der Waals surface area contributed by atoms with E-state index in [2.05, 4.69) is 24.3 Å². The molecule has 1 heteroatoms. The lowest BCUT2D eigenvalue weighted by molar-refractivity contribution is 0.672. The van der Waals surface area contributed by atoms with Crippen LogP contribution in [0.5, 0.6) is 0 Å². The van der Waals surface area contributed by atoms with Crippen LogP contribution < -0.4 is 0 Å². The number of hydrogen-bond acceptors (Lipinski definition) is 1. The Kier molecular flexibility index (Phi) is 3.21. The summed E-state index contributed by atoms with van der Waals surface area (Å²) >= 11 is 0. The molecule has 190 valence electrons. The van der Waals surface area contributed by atoms with Crippen LogP contribution in [0.2, 0.25) is 0 Å². The summed E-state index contributed by atoms with van der Waals surface area (Å²) in [5, 5.41) is 5.32. The Morgan fingerprint density at radius 3 is 1.88 bits per heavy atom. The average molecular weight is 530 g/mol. The molecule has 0 spiro atoms. The second-order valence-corrected chi connectivity index (χ2v) is 10.1. The maximum atomic E-state index is 9.68. The van der Waals surface area contributed by atoms with Crippen LogP contribution in [0.1, 0.15) is 12.3 Å². The Balaban J connectivity index is 1.48. The zero-order valence-corrected chi connectivity index (χ0v) is 21.6. The van der Waals surface area contributed by atoms with Crippen LogP contribution in [-0.4, -0.2) is 0 Å². The van der Waals surface area contributed by atoms with Gasteiger partial charge in [0.05, 0.1) is 12.3 Å². The molecule has 41 heavy (non-hydrogen) atoms.